The molecule has 0 bridgehead atoms. The van der Waals surface area contributed by atoms with Gasteiger partial charge in [0.1, 0.15) is 12.4 Å². The van der Waals surface area contributed by atoms with Crippen LogP contribution in [-0.4, -0.2) is 29.8 Å². The summed E-state index contributed by atoms with van der Waals surface area (Å²) in [7, 11) is 1.62. The maximum absolute atomic E-state index is 10.8. The Balaban J connectivity index is 1.73. The smallest absolute Gasteiger partial charge is 0.303 e. The largest absolute Gasteiger partial charge is 0.489 e. The number of carboxylic acid groups (broad SMARTS) is 1. The van der Waals surface area contributed by atoms with Crippen molar-refractivity contribution in [2.24, 2.45) is 0 Å². The van der Waals surface area contributed by atoms with E-state index in [1.54, 1.807) is 7.11 Å². The van der Waals surface area contributed by atoms with E-state index in [2.05, 4.69) is 11.1 Å². The van der Waals surface area contributed by atoms with Crippen LogP contribution in [-0.2, 0) is 11.2 Å². The quantitative estimate of drug-likeness (QED) is 0.715. The third kappa shape index (κ3) is 4.53. The van der Waals surface area contributed by atoms with Crippen molar-refractivity contribution in [3.8, 4) is 11.6 Å². The monoisotopic (exact) mass is 381 g/mol. The molecule has 1 aromatic carbocycles. The van der Waals surface area contributed by atoms with Crippen molar-refractivity contribution in [2.45, 2.75) is 46.0 Å². The summed E-state index contributed by atoms with van der Waals surface area (Å²) in [5.74, 6) is 0.712. The number of aryl methyl sites for hydroxylation is 1. The Morgan fingerprint density at radius 1 is 1.14 bits per heavy atom. The minimum atomic E-state index is -0.772. The zero-order valence-corrected chi connectivity index (χ0v) is 16.7. The van der Waals surface area contributed by atoms with Gasteiger partial charge in [-0.1, -0.05) is 6.07 Å². The lowest BCUT2D eigenvalue weighted by Crippen LogP contribution is -2.05. The average molecular weight is 381 g/mol. The first kappa shape index (κ1) is 19.9. The number of benzene rings is 1. The highest BCUT2D eigenvalue weighted by molar-refractivity contribution is 5.70. The van der Waals surface area contributed by atoms with Crippen LogP contribution < -0.4 is 9.47 Å². The van der Waals surface area contributed by atoms with E-state index in [1.165, 1.54) is 11.1 Å². The summed E-state index contributed by atoms with van der Waals surface area (Å²) in [5.41, 5.74) is 7.03. The lowest BCUT2D eigenvalue weighted by atomic mass is 9.99. The lowest BCUT2D eigenvalue weighted by molar-refractivity contribution is -0.136. The molecule has 0 atom stereocenters. The Morgan fingerprint density at radius 3 is 2.64 bits per heavy atom. The molecular weight excluding hydrogens is 354 g/mol. The van der Waals surface area contributed by atoms with E-state index in [-0.39, 0.29) is 6.42 Å². The predicted molar refractivity (Wildman–Crippen MR) is 109 cm³/mol. The molecule has 0 radical (unpaired) electrons. The SMILES string of the molecule is COc1ccc(C2=C(COc3ccc(CCC(=O)O)c(C)c3C)CCC2)cn1. The van der Waals surface area contributed by atoms with E-state index in [9.17, 15) is 4.79 Å². The maximum Gasteiger partial charge on any atom is 0.303 e. The molecule has 0 saturated carbocycles. The van der Waals surface area contributed by atoms with Crippen LogP contribution in [0.15, 0.2) is 36.0 Å². The predicted octanol–water partition coefficient (Wildman–Crippen LogP) is 4.74. The van der Waals surface area contributed by atoms with Gasteiger partial charge < -0.3 is 14.6 Å². The number of methoxy groups -OCH3 is 1. The zero-order valence-electron chi connectivity index (χ0n) is 16.7. The summed E-state index contributed by atoms with van der Waals surface area (Å²) in [6.45, 7) is 4.63. The van der Waals surface area contributed by atoms with E-state index < -0.39 is 5.97 Å². The fraction of sp³-hybridized carbons (Fsp3) is 0.391. The molecule has 0 fully saturated rings. The number of pyridine rings is 1. The number of aliphatic carboxylic acids is 1. The minimum Gasteiger partial charge on any atom is -0.489 e. The maximum atomic E-state index is 10.8. The summed E-state index contributed by atoms with van der Waals surface area (Å²) in [5, 5.41) is 8.90. The molecule has 0 spiro atoms. The number of allylic oxidation sites excluding steroid dienone is 1. The second-order valence-corrected chi connectivity index (χ2v) is 7.18. The van der Waals surface area contributed by atoms with Gasteiger partial charge in [0.05, 0.1) is 7.11 Å². The van der Waals surface area contributed by atoms with Gasteiger partial charge in [0.2, 0.25) is 5.88 Å². The van der Waals surface area contributed by atoms with Gasteiger partial charge in [0.25, 0.3) is 0 Å². The molecule has 5 heteroatoms. The highest BCUT2D eigenvalue weighted by Gasteiger charge is 2.18. The Bertz CT molecular complexity index is 884. The van der Waals surface area contributed by atoms with Crippen LogP contribution in [0.5, 0.6) is 11.6 Å². The number of hydrogen-bond donors (Lipinski definition) is 1. The molecule has 148 valence electrons. The molecule has 2 aromatic rings. The summed E-state index contributed by atoms with van der Waals surface area (Å²) >= 11 is 0. The highest BCUT2D eigenvalue weighted by atomic mass is 16.5. The molecule has 1 aliphatic carbocycles. The number of rotatable bonds is 8. The number of carbonyl (C=O) groups is 1. The molecule has 1 heterocycles. The van der Waals surface area contributed by atoms with E-state index >= 15 is 0 Å². The van der Waals surface area contributed by atoms with Crippen molar-refractivity contribution < 1.29 is 19.4 Å². The van der Waals surface area contributed by atoms with Crippen molar-refractivity contribution in [3.63, 3.8) is 0 Å². The van der Waals surface area contributed by atoms with Gasteiger partial charge in [0.15, 0.2) is 0 Å². The van der Waals surface area contributed by atoms with Crippen LogP contribution in [0, 0.1) is 13.8 Å². The fourth-order valence-corrected chi connectivity index (χ4v) is 3.68. The first-order valence-electron chi connectivity index (χ1n) is 9.64. The lowest BCUT2D eigenvalue weighted by Gasteiger charge is -2.15. The summed E-state index contributed by atoms with van der Waals surface area (Å²) < 4.78 is 11.3. The zero-order chi connectivity index (χ0) is 20.1. The third-order valence-electron chi connectivity index (χ3n) is 5.49. The first-order chi connectivity index (χ1) is 13.5. The molecule has 0 aliphatic heterocycles. The minimum absolute atomic E-state index is 0.145. The number of ether oxygens (including phenoxy) is 2. The van der Waals surface area contributed by atoms with Crippen LogP contribution in [0.4, 0.5) is 0 Å². The molecule has 3 rings (SSSR count). The number of aromatic nitrogens is 1. The topological polar surface area (TPSA) is 68.7 Å². The van der Waals surface area contributed by atoms with Crippen molar-refractivity contribution in [1.29, 1.82) is 0 Å². The van der Waals surface area contributed by atoms with Gasteiger partial charge >= 0.3 is 5.97 Å². The Labute approximate surface area is 166 Å². The Morgan fingerprint density at radius 2 is 1.96 bits per heavy atom. The third-order valence-corrected chi connectivity index (χ3v) is 5.49. The highest BCUT2D eigenvalue weighted by Crippen LogP contribution is 2.35. The molecule has 0 amide bonds. The number of nitrogens with zero attached hydrogens (tertiary/aromatic N) is 1. The molecule has 28 heavy (non-hydrogen) atoms. The van der Waals surface area contributed by atoms with Crippen molar-refractivity contribution in [1.82, 2.24) is 4.98 Å². The van der Waals surface area contributed by atoms with Gasteiger partial charge in [-0.05, 0) is 85.1 Å². The van der Waals surface area contributed by atoms with Gasteiger partial charge in [-0.15, -0.1) is 0 Å². The second-order valence-electron chi connectivity index (χ2n) is 7.18. The summed E-state index contributed by atoms with van der Waals surface area (Å²) in [6, 6.07) is 7.89. The van der Waals surface area contributed by atoms with E-state index in [0.717, 1.165) is 47.3 Å². The van der Waals surface area contributed by atoms with Crippen LogP contribution in [0.3, 0.4) is 0 Å². The molecule has 1 aromatic heterocycles. The van der Waals surface area contributed by atoms with E-state index in [0.29, 0.717) is 18.9 Å². The van der Waals surface area contributed by atoms with Crippen molar-refractivity contribution in [3.05, 3.63) is 58.3 Å². The average Bonchev–Trinajstić information content (AvgIpc) is 3.17. The summed E-state index contributed by atoms with van der Waals surface area (Å²) in [6.07, 6.45) is 5.77. The van der Waals surface area contributed by atoms with E-state index in [4.69, 9.17) is 14.6 Å². The standard InChI is InChI=1S/C23H27NO4/c1-15-16(2)21(10-7-17(15)9-12-23(25)26)28-14-19-5-4-6-20(19)18-8-11-22(27-3)24-13-18/h7-8,10-11,13H,4-6,9,12,14H2,1-3H3,(H,25,26). The number of carboxylic acids is 1. The van der Waals surface area contributed by atoms with Crippen LogP contribution in [0.2, 0.25) is 0 Å². The normalized spacial score (nSPS) is 13.7. The molecule has 1 N–H and O–H groups in total. The second kappa shape index (κ2) is 8.91. The van der Waals surface area contributed by atoms with Gasteiger partial charge in [-0.25, -0.2) is 4.98 Å². The molecular formula is C23H27NO4. The van der Waals surface area contributed by atoms with Crippen molar-refractivity contribution >= 4 is 11.5 Å². The van der Waals surface area contributed by atoms with Gasteiger partial charge in [0, 0.05) is 18.7 Å². The molecule has 0 unspecified atom stereocenters. The molecule has 0 saturated heterocycles. The molecule has 1 aliphatic rings. The number of hydrogen-bond acceptors (Lipinski definition) is 4. The van der Waals surface area contributed by atoms with Crippen molar-refractivity contribution in [2.75, 3.05) is 13.7 Å². The van der Waals surface area contributed by atoms with Crippen LogP contribution in [0.1, 0.15) is 47.9 Å². The fourth-order valence-electron chi connectivity index (χ4n) is 3.68. The Hall–Kier alpha value is -2.82. The van der Waals surface area contributed by atoms with Gasteiger partial charge in [-0.3, -0.25) is 4.79 Å². The van der Waals surface area contributed by atoms with Crippen LogP contribution >= 0.6 is 0 Å². The summed E-state index contributed by atoms with van der Waals surface area (Å²) in [4.78, 5) is 15.1. The van der Waals surface area contributed by atoms with Gasteiger partial charge in [-0.2, -0.15) is 0 Å². The van der Waals surface area contributed by atoms with Crippen LogP contribution in [0.25, 0.3) is 5.57 Å². The molecule has 5 nitrogen and oxygen atoms in total. The van der Waals surface area contributed by atoms with E-state index in [1.807, 2.05) is 38.2 Å². The Kier molecular flexibility index (Phi) is 6.34. The first-order valence-corrected chi connectivity index (χ1v) is 9.64.